The Labute approximate surface area is 75.0 Å². The molecule has 7 heteroatoms. The molecule has 0 aliphatic rings. The van der Waals surface area contributed by atoms with E-state index in [1.807, 2.05) is 0 Å². The van der Waals surface area contributed by atoms with Crippen LogP contribution >= 0.6 is 0 Å². The van der Waals surface area contributed by atoms with Crippen LogP contribution in [-0.2, 0) is 0 Å². The highest BCUT2D eigenvalue weighted by atomic mass is 19.3. The highest BCUT2D eigenvalue weighted by molar-refractivity contribution is 5.85. The Morgan fingerprint density at radius 3 is 2.36 bits per heavy atom. The van der Waals surface area contributed by atoms with Gasteiger partial charge in [-0.05, 0) is 0 Å². The molecule has 0 atom stereocenters. The number of carboxylic acid groups (broad SMARTS) is 1. The summed E-state index contributed by atoms with van der Waals surface area (Å²) in [5.74, 6) is -5.12. The third-order valence-corrected chi connectivity index (χ3v) is 1.40. The van der Waals surface area contributed by atoms with Crippen LogP contribution in [-0.4, -0.2) is 16.1 Å². The van der Waals surface area contributed by atoms with E-state index in [1.54, 1.807) is 0 Å². The number of nitrogens with zero attached hydrogens (tertiary/aromatic N) is 1. The van der Waals surface area contributed by atoms with E-state index in [-0.39, 0.29) is 6.07 Å². The summed E-state index contributed by atoms with van der Waals surface area (Å²) in [7, 11) is 0. The van der Waals surface area contributed by atoms with Gasteiger partial charge >= 0.3 is 5.97 Å². The quantitative estimate of drug-likeness (QED) is 0.598. The maximum Gasteiger partial charge on any atom is 0.354 e. The fraction of sp³-hybridized carbons (Fsp3) is 0.143. The molecule has 76 valence electrons. The lowest BCUT2D eigenvalue weighted by molar-refractivity contribution is 0.0686. The molecule has 0 aromatic carbocycles. The zero-order valence-corrected chi connectivity index (χ0v) is 6.47. The Hall–Kier alpha value is -1.66. The molecule has 1 N–H and O–H groups in total. The van der Waals surface area contributed by atoms with Crippen LogP contribution < -0.4 is 0 Å². The maximum absolute atomic E-state index is 12.7. The first-order chi connectivity index (χ1) is 6.43. The summed E-state index contributed by atoms with van der Waals surface area (Å²) in [4.78, 5) is 12.9. The monoisotopic (exact) mass is 209 g/mol. The molecule has 0 saturated heterocycles. The van der Waals surface area contributed by atoms with Crippen molar-refractivity contribution in [3.63, 3.8) is 0 Å². The van der Waals surface area contributed by atoms with Gasteiger partial charge in [0, 0.05) is 6.07 Å². The third kappa shape index (κ3) is 1.81. The second kappa shape index (κ2) is 3.60. The van der Waals surface area contributed by atoms with Crippen LogP contribution in [0.4, 0.5) is 17.6 Å². The van der Waals surface area contributed by atoms with Gasteiger partial charge in [0.05, 0.1) is 0 Å². The fourth-order valence-corrected chi connectivity index (χ4v) is 0.798. The molecule has 0 radical (unpaired) electrons. The van der Waals surface area contributed by atoms with Crippen molar-refractivity contribution in [3.05, 3.63) is 29.1 Å². The molecule has 0 amide bonds. The van der Waals surface area contributed by atoms with Gasteiger partial charge in [0.15, 0.2) is 5.69 Å². The number of halogens is 4. The van der Waals surface area contributed by atoms with Crippen molar-refractivity contribution < 1.29 is 27.5 Å². The zero-order chi connectivity index (χ0) is 10.9. The summed E-state index contributed by atoms with van der Waals surface area (Å²) in [5.41, 5.74) is -2.47. The van der Waals surface area contributed by atoms with Crippen molar-refractivity contribution >= 4 is 5.97 Å². The Morgan fingerprint density at radius 2 is 2.00 bits per heavy atom. The molecule has 3 nitrogen and oxygen atoms in total. The molecule has 0 fully saturated rings. The van der Waals surface area contributed by atoms with Crippen LogP contribution in [0.25, 0.3) is 0 Å². The third-order valence-electron chi connectivity index (χ3n) is 1.40. The van der Waals surface area contributed by atoms with Crippen LogP contribution in [0.1, 0.15) is 22.5 Å². The highest BCUT2D eigenvalue weighted by Crippen LogP contribution is 2.24. The standard InChI is InChI=1S/C7H3F4NO2/c8-2-1-3(7(13)14)12-6(11)4(2)5(9)10/h1,5H,(H,13,14). The SMILES string of the molecule is O=C(O)c1cc(F)c(C(F)F)c(F)n1. The van der Waals surface area contributed by atoms with Gasteiger partial charge in [-0.1, -0.05) is 0 Å². The van der Waals surface area contributed by atoms with Crippen molar-refractivity contribution in [3.8, 4) is 0 Å². The van der Waals surface area contributed by atoms with Crippen molar-refractivity contribution in [1.29, 1.82) is 0 Å². The average Bonchev–Trinajstić information content (AvgIpc) is 2.01. The maximum atomic E-state index is 12.7. The van der Waals surface area contributed by atoms with E-state index in [0.29, 0.717) is 0 Å². The summed E-state index contributed by atoms with van der Waals surface area (Å²) in [6.07, 6.45) is -3.37. The van der Waals surface area contributed by atoms with Crippen LogP contribution in [0, 0.1) is 11.8 Å². The molecule has 14 heavy (non-hydrogen) atoms. The van der Waals surface area contributed by atoms with E-state index in [1.165, 1.54) is 0 Å². The number of carboxylic acids is 1. The lowest BCUT2D eigenvalue weighted by Crippen LogP contribution is -2.07. The summed E-state index contributed by atoms with van der Waals surface area (Å²) >= 11 is 0. The predicted molar refractivity (Wildman–Crippen MR) is 36.1 cm³/mol. The van der Waals surface area contributed by atoms with Gasteiger partial charge in [0.25, 0.3) is 6.43 Å². The molecule has 1 aromatic rings. The first-order valence-corrected chi connectivity index (χ1v) is 3.31. The number of pyridine rings is 1. The second-order valence-electron chi connectivity index (χ2n) is 2.30. The van der Waals surface area contributed by atoms with Gasteiger partial charge in [-0.15, -0.1) is 0 Å². The highest BCUT2D eigenvalue weighted by Gasteiger charge is 2.22. The van der Waals surface area contributed by atoms with Gasteiger partial charge in [-0.25, -0.2) is 22.9 Å². The zero-order valence-electron chi connectivity index (χ0n) is 6.47. The van der Waals surface area contributed by atoms with Crippen molar-refractivity contribution in [2.75, 3.05) is 0 Å². The molecular weight excluding hydrogens is 206 g/mol. The Morgan fingerprint density at radius 1 is 1.43 bits per heavy atom. The van der Waals surface area contributed by atoms with Crippen LogP contribution in [0.3, 0.4) is 0 Å². The van der Waals surface area contributed by atoms with Crippen LogP contribution in [0.2, 0.25) is 0 Å². The van der Waals surface area contributed by atoms with Crippen molar-refractivity contribution in [2.45, 2.75) is 6.43 Å². The van der Waals surface area contributed by atoms with Crippen LogP contribution in [0.5, 0.6) is 0 Å². The van der Waals surface area contributed by atoms with Crippen molar-refractivity contribution in [2.24, 2.45) is 0 Å². The van der Waals surface area contributed by atoms with Gasteiger partial charge in [0.2, 0.25) is 5.95 Å². The summed E-state index contributed by atoms with van der Waals surface area (Å²) in [5, 5.41) is 8.28. The molecule has 1 rings (SSSR count). The second-order valence-corrected chi connectivity index (χ2v) is 2.30. The number of carbonyl (C=O) groups is 1. The van der Waals surface area contributed by atoms with Gasteiger partial charge in [-0.3, -0.25) is 0 Å². The van der Waals surface area contributed by atoms with Crippen LogP contribution in [0.15, 0.2) is 6.07 Å². The minimum Gasteiger partial charge on any atom is -0.477 e. The number of aromatic nitrogens is 1. The molecule has 0 bridgehead atoms. The fourth-order valence-electron chi connectivity index (χ4n) is 0.798. The Bertz CT molecular complexity index is 357. The molecule has 1 aromatic heterocycles. The lowest BCUT2D eigenvalue weighted by Gasteiger charge is -2.03. The summed E-state index contributed by atoms with van der Waals surface area (Å²) in [6.45, 7) is 0. The number of rotatable bonds is 2. The predicted octanol–water partition coefficient (Wildman–Crippen LogP) is 2.00. The summed E-state index contributed by atoms with van der Waals surface area (Å²) < 4.78 is 49.2. The summed E-state index contributed by atoms with van der Waals surface area (Å²) in [6, 6.07) is 0.243. The molecular formula is C7H3F4NO2. The number of alkyl halides is 2. The molecule has 0 spiro atoms. The Balaban J connectivity index is 3.32. The minimum atomic E-state index is -3.37. The number of aromatic carboxylic acids is 1. The molecule has 0 aliphatic heterocycles. The molecule has 0 aliphatic carbocycles. The molecule has 0 saturated carbocycles. The normalized spacial score (nSPS) is 10.6. The number of hydrogen-bond acceptors (Lipinski definition) is 2. The van der Waals surface area contributed by atoms with E-state index in [0.717, 1.165) is 0 Å². The largest absolute Gasteiger partial charge is 0.477 e. The average molecular weight is 209 g/mol. The number of hydrogen-bond donors (Lipinski definition) is 1. The van der Waals surface area contributed by atoms with E-state index in [2.05, 4.69) is 4.98 Å². The van der Waals surface area contributed by atoms with Crippen molar-refractivity contribution in [1.82, 2.24) is 4.98 Å². The topological polar surface area (TPSA) is 50.2 Å². The lowest BCUT2D eigenvalue weighted by atomic mass is 10.2. The van der Waals surface area contributed by atoms with Gasteiger partial charge in [-0.2, -0.15) is 4.39 Å². The van der Waals surface area contributed by atoms with Gasteiger partial charge < -0.3 is 5.11 Å². The van der Waals surface area contributed by atoms with E-state index in [4.69, 9.17) is 5.11 Å². The smallest absolute Gasteiger partial charge is 0.354 e. The first-order valence-electron chi connectivity index (χ1n) is 3.31. The van der Waals surface area contributed by atoms with Gasteiger partial charge in [0.1, 0.15) is 11.4 Å². The molecule has 1 heterocycles. The molecule has 0 unspecified atom stereocenters. The Kier molecular flexibility index (Phi) is 2.68. The van der Waals surface area contributed by atoms with E-state index in [9.17, 15) is 22.4 Å². The minimum absolute atomic E-state index is 0.243. The van der Waals surface area contributed by atoms with E-state index >= 15 is 0 Å². The first kappa shape index (κ1) is 10.4. The van der Waals surface area contributed by atoms with E-state index < -0.39 is 35.4 Å².